The minimum Gasteiger partial charge on any atom is -0.388 e. The van der Waals surface area contributed by atoms with Crippen LogP contribution in [0, 0.1) is 0 Å². The molecule has 2 rings (SSSR count). The second-order valence-corrected chi connectivity index (χ2v) is 7.24. The van der Waals surface area contributed by atoms with Crippen LogP contribution in [0.4, 0.5) is 0 Å². The number of aliphatic hydroxyl groups excluding tert-OH is 6. The Labute approximate surface area is 159 Å². The molecule has 10 atom stereocenters. The van der Waals surface area contributed by atoms with E-state index in [1.165, 1.54) is 0 Å². The normalized spacial score (nSPS) is 51.7. The summed E-state index contributed by atoms with van der Waals surface area (Å²) in [5, 5.41) is 59.2. The van der Waals surface area contributed by atoms with Gasteiger partial charge in [-0.2, -0.15) is 0 Å². The Hall–Kier alpha value is 1.10. The van der Waals surface area contributed by atoms with Crippen molar-refractivity contribution in [2.24, 2.45) is 0 Å². The fourth-order valence-corrected chi connectivity index (χ4v) is 3.90. The lowest BCUT2D eigenvalue weighted by Crippen LogP contribution is -2.63. The van der Waals surface area contributed by atoms with Crippen LogP contribution >= 0.6 is 45.2 Å². The second-order valence-electron chi connectivity index (χ2n) is 5.47. The van der Waals surface area contributed by atoms with Gasteiger partial charge in [0.05, 0.1) is 12.2 Å². The van der Waals surface area contributed by atoms with E-state index in [0.29, 0.717) is 8.86 Å². The summed E-state index contributed by atoms with van der Waals surface area (Å²) in [4.78, 5) is 0. The number of ether oxygens (including phenoxy) is 3. The summed E-state index contributed by atoms with van der Waals surface area (Å²) < 4.78 is 16.8. The summed E-state index contributed by atoms with van der Waals surface area (Å²) in [6, 6.07) is 0. The number of hydrogen-bond acceptors (Lipinski definition) is 9. The second kappa shape index (κ2) is 8.66. The molecule has 4 unspecified atom stereocenters. The van der Waals surface area contributed by atoms with Gasteiger partial charge in [-0.25, -0.2) is 0 Å². The van der Waals surface area contributed by atoms with Crippen molar-refractivity contribution >= 4 is 45.2 Å². The first kappa shape index (κ1) is 20.4. The highest BCUT2D eigenvalue weighted by molar-refractivity contribution is 14.1. The quantitative estimate of drug-likeness (QED) is 0.162. The smallest absolute Gasteiger partial charge is 0.189 e. The Morgan fingerprint density at radius 1 is 0.609 bits per heavy atom. The van der Waals surface area contributed by atoms with Crippen LogP contribution in [0.25, 0.3) is 0 Å². The Bertz CT molecular complexity index is 352. The summed E-state index contributed by atoms with van der Waals surface area (Å²) >= 11 is 3.90. The van der Waals surface area contributed by atoms with E-state index in [0.717, 1.165) is 0 Å². The molecule has 9 nitrogen and oxygen atoms in total. The van der Waals surface area contributed by atoms with E-state index < -0.39 is 61.4 Å². The first-order chi connectivity index (χ1) is 10.8. The highest BCUT2D eigenvalue weighted by atomic mass is 127. The molecule has 0 aromatic heterocycles. The summed E-state index contributed by atoms with van der Waals surface area (Å²) in [5.74, 6) is 0. The number of hydrogen-bond donors (Lipinski definition) is 6. The fourth-order valence-electron chi connectivity index (χ4n) is 2.45. The standard InChI is InChI=1S/C12H20I2O9/c13-1-3-5(15)7(17)9(19)11(21-3)23-12-10(20)8(18)6(16)4(2-14)22-12/h3-12,15-20H,1-2H2/t3-,4?,5-,6-,7?,8+,9?,10?,11-,12-/m1/s1. The third kappa shape index (κ3) is 4.27. The van der Waals surface area contributed by atoms with Gasteiger partial charge in [-0.15, -0.1) is 0 Å². The highest BCUT2D eigenvalue weighted by Gasteiger charge is 2.49. The summed E-state index contributed by atoms with van der Waals surface area (Å²) in [6.07, 6.45) is -12.9. The van der Waals surface area contributed by atoms with Gasteiger partial charge in [0.15, 0.2) is 12.6 Å². The molecule has 11 heteroatoms. The predicted octanol–water partition coefficient (Wildman–Crippen LogP) is -2.51. The molecule has 2 saturated heterocycles. The maximum absolute atomic E-state index is 9.97. The zero-order chi connectivity index (χ0) is 17.3. The maximum atomic E-state index is 9.97. The monoisotopic (exact) mass is 562 g/mol. The molecule has 6 N–H and O–H groups in total. The number of alkyl halides is 2. The SMILES string of the molecule is OC1C(O)[C@H](O)[C@@H](CI)O[C@@H]1O[C@H]1OC(CI)[C@@H](O)[C@H](O)C1O. The summed E-state index contributed by atoms with van der Waals surface area (Å²) in [7, 11) is 0. The maximum Gasteiger partial charge on any atom is 0.189 e. The molecule has 136 valence electrons. The van der Waals surface area contributed by atoms with Crippen molar-refractivity contribution < 1.29 is 44.8 Å². The van der Waals surface area contributed by atoms with Crippen LogP contribution in [0.15, 0.2) is 0 Å². The molecule has 2 aliphatic heterocycles. The molecule has 0 aromatic rings. The average molecular weight is 562 g/mol. The minimum atomic E-state index is -1.55. The van der Waals surface area contributed by atoms with E-state index in [1.54, 1.807) is 0 Å². The van der Waals surface area contributed by atoms with Gasteiger partial charge < -0.3 is 44.8 Å². The Balaban J connectivity index is 2.07. The average Bonchev–Trinajstić information content (AvgIpc) is 2.55. The van der Waals surface area contributed by atoms with Gasteiger partial charge >= 0.3 is 0 Å². The minimum absolute atomic E-state index is 0.342. The van der Waals surface area contributed by atoms with Crippen LogP contribution in [0.1, 0.15) is 0 Å². The summed E-state index contributed by atoms with van der Waals surface area (Å²) in [6.45, 7) is 0. The van der Waals surface area contributed by atoms with Gasteiger partial charge in [-0.05, 0) is 0 Å². The molecule has 0 aromatic carbocycles. The van der Waals surface area contributed by atoms with Gasteiger partial charge in [-0.3, -0.25) is 0 Å². The van der Waals surface area contributed by atoms with Crippen molar-refractivity contribution in [2.75, 3.05) is 8.86 Å². The molecular formula is C12H20I2O9. The third-order valence-electron chi connectivity index (χ3n) is 3.91. The van der Waals surface area contributed by atoms with E-state index in [4.69, 9.17) is 14.2 Å². The van der Waals surface area contributed by atoms with E-state index in [-0.39, 0.29) is 0 Å². The zero-order valence-corrected chi connectivity index (χ0v) is 16.2. The molecule has 0 saturated carbocycles. The Morgan fingerprint density at radius 3 is 1.26 bits per heavy atom. The Morgan fingerprint density at radius 2 is 0.957 bits per heavy atom. The molecule has 0 amide bonds. The first-order valence-corrected chi connectivity index (χ1v) is 10.0. The molecule has 0 aliphatic carbocycles. The van der Waals surface area contributed by atoms with E-state index in [9.17, 15) is 30.6 Å². The number of rotatable bonds is 4. The van der Waals surface area contributed by atoms with Crippen molar-refractivity contribution in [1.82, 2.24) is 0 Å². The van der Waals surface area contributed by atoms with Crippen molar-refractivity contribution in [2.45, 2.75) is 61.4 Å². The zero-order valence-electron chi connectivity index (χ0n) is 11.9. The largest absolute Gasteiger partial charge is 0.388 e. The van der Waals surface area contributed by atoms with Crippen LogP contribution in [0.5, 0.6) is 0 Å². The van der Waals surface area contributed by atoms with E-state index >= 15 is 0 Å². The van der Waals surface area contributed by atoms with Crippen LogP contribution in [0.3, 0.4) is 0 Å². The molecule has 0 bridgehead atoms. The van der Waals surface area contributed by atoms with Gasteiger partial charge in [-0.1, -0.05) is 45.2 Å². The first-order valence-electron chi connectivity index (χ1n) is 6.98. The topological polar surface area (TPSA) is 149 Å². The van der Waals surface area contributed by atoms with E-state index in [1.807, 2.05) is 45.2 Å². The highest BCUT2D eigenvalue weighted by Crippen LogP contribution is 2.29. The van der Waals surface area contributed by atoms with Crippen molar-refractivity contribution in [3.05, 3.63) is 0 Å². The van der Waals surface area contributed by atoms with Gasteiger partial charge in [0.25, 0.3) is 0 Å². The van der Waals surface area contributed by atoms with Crippen molar-refractivity contribution in [1.29, 1.82) is 0 Å². The van der Waals surface area contributed by atoms with Crippen LogP contribution in [-0.4, -0.2) is 101 Å². The fraction of sp³-hybridized carbons (Fsp3) is 1.00. The van der Waals surface area contributed by atoms with Crippen LogP contribution < -0.4 is 0 Å². The molecule has 2 heterocycles. The van der Waals surface area contributed by atoms with Gasteiger partial charge in [0, 0.05) is 8.86 Å². The molecule has 0 radical (unpaired) electrons. The van der Waals surface area contributed by atoms with Gasteiger partial charge in [0.2, 0.25) is 0 Å². The van der Waals surface area contributed by atoms with Crippen LogP contribution in [-0.2, 0) is 14.2 Å². The van der Waals surface area contributed by atoms with Crippen molar-refractivity contribution in [3.63, 3.8) is 0 Å². The molecule has 0 spiro atoms. The number of aliphatic hydroxyl groups is 6. The van der Waals surface area contributed by atoms with Gasteiger partial charge in [0.1, 0.15) is 36.6 Å². The Kier molecular flexibility index (Phi) is 7.68. The predicted molar refractivity (Wildman–Crippen MR) is 92.2 cm³/mol. The molecule has 2 aliphatic rings. The molecule has 2 fully saturated rings. The summed E-state index contributed by atoms with van der Waals surface area (Å²) in [5.41, 5.74) is 0. The lowest BCUT2D eigenvalue weighted by molar-refractivity contribution is -0.369. The van der Waals surface area contributed by atoms with E-state index in [2.05, 4.69) is 0 Å². The van der Waals surface area contributed by atoms with Crippen molar-refractivity contribution in [3.8, 4) is 0 Å². The lowest BCUT2D eigenvalue weighted by Gasteiger charge is -2.44. The number of halogens is 2. The van der Waals surface area contributed by atoms with Crippen LogP contribution in [0.2, 0.25) is 0 Å². The lowest BCUT2D eigenvalue weighted by atomic mass is 9.99. The molecule has 23 heavy (non-hydrogen) atoms. The third-order valence-corrected chi connectivity index (χ3v) is 5.65. The molecular weight excluding hydrogens is 542 g/mol.